The highest BCUT2D eigenvalue weighted by atomic mass is 35.5. The van der Waals surface area contributed by atoms with Gasteiger partial charge >= 0.3 is 0 Å². The number of carbonyl (C=O) groups is 1. The van der Waals surface area contributed by atoms with Gasteiger partial charge in [0.15, 0.2) is 0 Å². The van der Waals surface area contributed by atoms with Crippen molar-refractivity contribution < 1.29 is 28.2 Å². The molecular formula is C33H27ClF2N2O4. The van der Waals surface area contributed by atoms with Crippen LogP contribution in [0.5, 0.6) is 17.2 Å². The van der Waals surface area contributed by atoms with Gasteiger partial charge in [0.05, 0.1) is 28.6 Å². The van der Waals surface area contributed by atoms with Crippen molar-refractivity contribution in [3.05, 3.63) is 124 Å². The van der Waals surface area contributed by atoms with Gasteiger partial charge in [0.25, 0.3) is 5.91 Å². The summed E-state index contributed by atoms with van der Waals surface area (Å²) in [7, 11) is 0. The van der Waals surface area contributed by atoms with Gasteiger partial charge in [0, 0.05) is 17.0 Å². The number of carbonyl (C=O) groups excluding carboxylic acids is 1. The van der Waals surface area contributed by atoms with E-state index in [1.807, 2.05) is 13.8 Å². The third-order valence-electron chi connectivity index (χ3n) is 7.29. The quantitative estimate of drug-likeness (QED) is 0.234. The van der Waals surface area contributed by atoms with Crippen molar-refractivity contribution >= 4 is 28.9 Å². The predicted molar refractivity (Wildman–Crippen MR) is 157 cm³/mol. The number of halogens is 3. The van der Waals surface area contributed by atoms with E-state index in [-0.39, 0.29) is 39.4 Å². The molecule has 42 heavy (non-hydrogen) atoms. The number of nitrogens with one attached hydrogen (secondary N) is 1. The summed E-state index contributed by atoms with van der Waals surface area (Å²) in [5.74, 6) is -1.42. The summed E-state index contributed by atoms with van der Waals surface area (Å²) in [6.45, 7) is 4.34. The first kappa shape index (κ1) is 27.6. The van der Waals surface area contributed by atoms with Crippen molar-refractivity contribution in [3.8, 4) is 17.2 Å². The highest BCUT2D eigenvalue weighted by molar-refractivity contribution is 6.32. The first-order chi connectivity index (χ1) is 20.1. The predicted octanol–water partition coefficient (Wildman–Crippen LogP) is 8.59. The molecule has 1 atom stereocenters. The molecule has 2 N–H and O–H groups in total. The van der Waals surface area contributed by atoms with E-state index in [0.717, 1.165) is 0 Å². The zero-order chi connectivity index (χ0) is 29.6. The molecule has 6 nitrogen and oxygen atoms in total. The van der Waals surface area contributed by atoms with Crippen LogP contribution in [-0.4, -0.2) is 17.6 Å². The van der Waals surface area contributed by atoms with Crippen LogP contribution >= 0.6 is 11.6 Å². The number of hydrogen-bond donors (Lipinski definition) is 2. The molecule has 1 amide bonds. The Morgan fingerprint density at radius 1 is 1.02 bits per heavy atom. The van der Waals surface area contributed by atoms with Crippen molar-refractivity contribution in [2.75, 3.05) is 16.8 Å². The zero-order valence-corrected chi connectivity index (χ0v) is 23.6. The molecule has 0 aliphatic carbocycles. The Hall–Kier alpha value is -4.56. The molecule has 6 rings (SSSR count). The van der Waals surface area contributed by atoms with E-state index in [4.69, 9.17) is 21.1 Å². The Kier molecular flexibility index (Phi) is 7.02. The van der Waals surface area contributed by atoms with E-state index >= 15 is 8.78 Å². The number of anilines is 2. The second kappa shape index (κ2) is 10.7. The van der Waals surface area contributed by atoms with Crippen molar-refractivity contribution in [2.45, 2.75) is 26.3 Å². The lowest BCUT2D eigenvalue weighted by Crippen LogP contribution is -2.39. The third-order valence-corrected chi connectivity index (χ3v) is 7.60. The molecular weight excluding hydrogens is 562 g/mol. The lowest BCUT2D eigenvalue weighted by Gasteiger charge is -2.38. The molecule has 4 aromatic carbocycles. The van der Waals surface area contributed by atoms with Crippen LogP contribution in [0.2, 0.25) is 5.02 Å². The first-order valence-corrected chi connectivity index (χ1v) is 13.8. The molecule has 2 aliphatic heterocycles. The summed E-state index contributed by atoms with van der Waals surface area (Å²) in [6.07, 6.45) is 0.490. The maximum Gasteiger partial charge on any atom is 0.262 e. The van der Waals surface area contributed by atoms with E-state index in [9.17, 15) is 9.90 Å². The number of rotatable bonds is 4. The average molecular weight is 589 g/mol. The number of allylic oxidation sites excluding steroid dienone is 1. The minimum Gasteiger partial charge on any atom is -0.506 e. The smallest absolute Gasteiger partial charge is 0.262 e. The Bertz CT molecular complexity index is 1740. The summed E-state index contributed by atoms with van der Waals surface area (Å²) >= 11 is 6.23. The number of para-hydroxylation sites is 2. The van der Waals surface area contributed by atoms with Gasteiger partial charge in [-0.05, 0) is 55.0 Å². The molecule has 9 heteroatoms. The highest BCUT2D eigenvalue weighted by Crippen LogP contribution is 2.50. The van der Waals surface area contributed by atoms with Gasteiger partial charge in [-0.3, -0.25) is 9.69 Å². The number of nitrogens with zero attached hydrogens (tertiary/aromatic N) is 1. The second-order valence-corrected chi connectivity index (χ2v) is 11.4. The minimum absolute atomic E-state index is 0.0939. The van der Waals surface area contributed by atoms with Gasteiger partial charge in [-0.25, -0.2) is 8.78 Å². The number of ether oxygens (including phenoxy) is 2. The topological polar surface area (TPSA) is 71.0 Å². The Balaban J connectivity index is 1.55. The van der Waals surface area contributed by atoms with Crippen LogP contribution in [0.25, 0.3) is 0 Å². The third kappa shape index (κ3) is 5.03. The summed E-state index contributed by atoms with van der Waals surface area (Å²) in [4.78, 5) is 15.5. The molecule has 0 bridgehead atoms. The van der Waals surface area contributed by atoms with Crippen LogP contribution in [0, 0.1) is 17.0 Å². The number of benzene rings is 4. The molecule has 2 aliphatic rings. The molecule has 1 unspecified atom stereocenters. The molecule has 0 saturated carbocycles. The number of aromatic hydroxyl groups is 1. The monoisotopic (exact) mass is 588 g/mol. The number of fused-ring (bicyclic) bond motifs is 1. The van der Waals surface area contributed by atoms with Crippen LogP contribution in [0.1, 0.15) is 42.2 Å². The summed E-state index contributed by atoms with van der Waals surface area (Å²) in [5.41, 5.74) is 0.639. The molecule has 0 aromatic heterocycles. The van der Waals surface area contributed by atoms with E-state index in [1.165, 1.54) is 41.3 Å². The molecule has 2 heterocycles. The van der Waals surface area contributed by atoms with Crippen molar-refractivity contribution in [3.63, 3.8) is 0 Å². The normalized spacial score (nSPS) is 17.4. The Morgan fingerprint density at radius 3 is 2.55 bits per heavy atom. The number of phenols is 1. The highest BCUT2D eigenvalue weighted by Gasteiger charge is 2.43. The fourth-order valence-corrected chi connectivity index (χ4v) is 5.48. The van der Waals surface area contributed by atoms with Gasteiger partial charge in [-0.2, -0.15) is 0 Å². The van der Waals surface area contributed by atoms with Crippen LogP contribution in [0.15, 0.2) is 96.4 Å². The van der Waals surface area contributed by atoms with Crippen LogP contribution in [0.3, 0.4) is 0 Å². The molecule has 0 spiro atoms. The largest absolute Gasteiger partial charge is 0.506 e. The second-order valence-electron chi connectivity index (χ2n) is 11.0. The van der Waals surface area contributed by atoms with Gasteiger partial charge in [0.1, 0.15) is 46.4 Å². The number of hydrogen-bond acceptors (Lipinski definition) is 5. The van der Waals surface area contributed by atoms with Crippen LogP contribution in [-0.2, 0) is 4.74 Å². The molecule has 0 radical (unpaired) electrons. The summed E-state index contributed by atoms with van der Waals surface area (Å²) < 4.78 is 43.3. The minimum atomic E-state index is -1.15. The Labute approximate surface area is 246 Å². The molecule has 0 fully saturated rings. The molecule has 214 valence electrons. The van der Waals surface area contributed by atoms with Gasteiger partial charge in [-0.1, -0.05) is 55.8 Å². The van der Waals surface area contributed by atoms with E-state index in [1.54, 1.807) is 48.5 Å². The van der Waals surface area contributed by atoms with Crippen LogP contribution in [0.4, 0.5) is 20.2 Å². The van der Waals surface area contributed by atoms with Crippen molar-refractivity contribution in [1.82, 2.24) is 0 Å². The van der Waals surface area contributed by atoms with E-state index in [0.29, 0.717) is 35.3 Å². The zero-order valence-electron chi connectivity index (χ0n) is 22.8. The van der Waals surface area contributed by atoms with Gasteiger partial charge in [-0.15, -0.1) is 0 Å². The van der Waals surface area contributed by atoms with Crippen molar-refractivity contribution in [2.24, 2.45) is 5.41 Å². The van der Waals surface area contributed by atoms with E-state index in [2.05, 4.69) is 5.32 Å². The lowest BCUT2D eigenvalue weighted by molar-refractivity contribution is 0.0756. The SMILES string of the molecule is CC1(C)COC2=C(C1)Nc1c(O)cccc1N(C(=O)c1ccccc1F)C2c1ccc(Oc2ccccc2Cl)cc1F. The maximum atomic E-state index is 16.2. The molecule has 4 aromatic rings. The van der Waals surface area contributed by atoms with Crippen molar-refractivity contribution in [1.29, 1.82) is 0 Å². The fourth-order valence-electron chi connectivity index (χ4n) is 5.31. The maximum absolute atomic E-state index is 16.2. The molecule has 0 saturated heterocycles. The standard InChI is InChI=1S/C33H27ClF2N2O4/c1-33(2)17-25-31(41-18-33)30(20-15-14-19(16-24(20)36)42-28-13-6-4-9-22(28)34)38(26-11-7-12-27(39)29(26)37-25)32(40)21-8-3-5-10-23(21)35/h3-16,30,37,39H,17-18H2,1-2H3. The van der Waals surface area contributed by atoms with E-state index < -0.39 is 23.6 Å². The fraction of sp³-hybridized carbons (Fsp3) is 0.182. The van der Waals surface area contributed by atoms with Crippen LogP contribution < -0.4 is 15.0 Å². The Morgan fingerprint density at radius 2 is 1.79 bits per heavy atom. The summed E-state index contributed by atoms with van der Waals surface area (Å²) in [5, 5.41) is 14.5. The van der Waals surface area contributed by atoms with Gasteiger partial charge in [0.2, 0.25) is 0 Å². The van der Waals surface area contributed by atoms with Gasteiger partial charge < -0.3 is 19.9 Å². The summed E-state index contributed by atoms with van der Waals surface area (Å²) in [6, 6.07) is 20.2. The first-order valence-electron chi connectivity index (χ1n) is 13.4. The number of amides is 1. The average Bonchev–Trinajstić information content (AvgIpc) is 3.08. The number of phenolic OH excluding ortho intramolecular Hbond substituents is 1. The lowest BCUT2D eigenvalue weighted by atomic mass is 9.85.